The van der Waals surface area contributed by atoms with Crippen LogP contribution in [0.4, 0.5) is 0 Å². The number of aromatic nitrogens is 4. The van der Waals surface area contributed by atoms with Gasteiger partial charge in [0.15, 0.2) is 0 Å². The first-order valence-electron chi connectivity index (χ1n) is 4.62. The molecule has 0 saturated heterocycles. The van der Waals surface area contributed by atoms with E-state index in [1.807, 2.05) is 4.57 Å². The Hall–Kier alpha value is -1.82. The average molecular weight is 241 g/mol. The molecule has 0 fully saturated rings. The number of hydrogen-bond donors (Lipinski definition) is 1. The summed E-state index contributed by atoms with van der Waals surface area (Å²) in [4.78, 5) is 28.4. The van der Waals surface area contributed by atoms with Crippen LogP contribution >= 0.6 is 11.6 Å². The van der Waals surface area contributed by atoms with Crippen LogP contribution in [-0.4, -0.2) is 19.1 Å². The van der Waals surface area contributed by atoms with Crippen molar-refractivity contribution in [3.63, 3.8) is 0 Å². The second kappa shape index (κ2) is 4.36. The number of H-pyrrole nitrogens is 1. The number of hydrogen-bond acceptors (Lipinski definition) is 3. The predicted octanol–water partition coefficient (Wildman–Crippen LogP) is 0.0867. The van der Waals surface area contributed by atoms with E-state index in [0.717, 1.165) is 0 Å². The van der Waals surface area contributed by atoms with Crippen molar-refractivity contribution in [2.75, 3.05) is 0 Å². The summed E-state index contributed by atoms with van der Waals surface area (Å²) < 4.78 is 3.18. The van der Waals surface area contributed by atoms with Gasteiger partial charge in [-0.05, 0) is 0 Å². The monoisotopic (exact) mass is 240 g/mol. The molecule has 7 heteroatoms. The van der Waals surface area contributed by atoms with E-state index in [-0.39, 0.29) is 5.02 Å². The minimum atomic E-state index is -0.564. The summed E-state index contributed by atoms with van der Waals surface area (Å²) in [6.45, 7) is 1.01. The zero-order valence-electron chi connectivity index (χ0n) is 8.26. The zero-order chi connectivity index (χ0) is 11.5. The third-order valence-corrected chi connectivity index (χ3v) is 2.39. The molecule has 0 spiro atoms. The maximum absolute atomic E-state index is 11.4. The van der Waals surface area contributed by atoms with Crippen LogP contribution in [-0.2, 0) is 13.1 Å². The van der Waals surface area contributed by atoms with Crippen LogP contribution in [0, 0.1) is 0 Å². The van der Waals surface area contributed by atoms with Gasteiger partial charge in [-0.3, -0.25) is 14.3 Å². The Morgan fingerprint density at radius 1 is 1.38 bits per heavy atom. The normalized spacial score (nSPS) is 10.6. The minimum Gasteiger partial charge on any atom is -0.336 e. The molecule has 0 saturated carbocycles. The molecule has 0 aliphatic rings. The first kappa shape index (κ1) is 10.7. The quantitative estimate of drug-likeness (QED) is 0.826. The summed E-state index contributed by atoms with van der Waals surface area (Å²) >= 11 is 5.62. The molecule has 0 aliphatic heterocycles. The van der Waals surface area contributed by atoms with E-state index < -0.39 is 11.2 Å². The third-order valence-electron chi connectivity index (χ3n) is 2.13. The number of aryl methyl sites for hydroxylation is 2. The molecule has 6 nitrogen and oxygen atoms in total. The lowest BCUT2D eigenvalue weighted by atomic mass is 10.5. The highest BCUT2D eigenvalue weighted by Gasteiger charge is 2.01. The number of aromatic amines is 1. The summed E-state index contributed by atoms with van der Waals surface area (Å²) in [7, 11) is 0. The topological polar surface area (TPSA) is 72.7 Å². The van der Waals surface area contributed by atoms with Gasteiger partial charge in [0.2, 0.25) is 0 Å². The number of nitrogens with one attached hydrogen (secondary N) is 1. The standard InChI is InChI=1S/C9H9ClN4O2/c10-7-5-14(9(16)12-8(7)15)4-3-13-2-1-11-6-13/h1-2,5-6H,3-4H2,(H,12,15,16). The first-order valence-corrected chi connectivity index (χ1v) is 4.99. The van der Waals surface area contributed by atoms with Crippen molar-refractivity contribution in [3.05, 3.63) is 50.8 Å². The number of halogens is 1. The van der Waals surface area contributed by atoms with Gasteiger partial charge >= 0.3 is 5.69 Å². The average Bonchev–Trinajstić information content (AvgIpc) is 2.74. The highest BCUT2D eigenvalue weighted by atomic mass is 35.5. The lowest BCUT2D eigenvalue weighted by Crippen LogP contribution is -2.30. The van der Waals surface area contributed by atoms with Gasteiger partial charge in [-0.2, -0.15) is 0 Å². The fourth-order valence-electron chi connectivity index (χ4n) is 1.29. The lowest BCUT2D eigenvalue weighted by molar-refractivity contribution is 0.553. The van der Waals surface area contributed by atoms with E-state index in [9.17, 15) is 9.59 Å². The molecule has 0 aromatic carbocycles. The molecule has 2 rings (SSSR count). The summed E-state index contributed by atoms with van der Waals surface area (Å²) in [5, 5.41) is 0.00484. The summed E-state index contributed by atoms with van der Waals surface area (Å²) in [5.74, 6) is 0. The molecule has 0 aliphatic carbocycles. The van der Waals surface area contributed by atoms with Crippen LogP contribution in [0.15, 0.2) is 34.5 Å². The van der Waals surface area contributed by atoms with Crippen molar-refractivity contribution >= 4 is 11.6 Å². The van der Waals surface area contributed by atoms with Crippen molar-refractivity contribution in [1.29, 1.82) is 0 Å². The summed E-state index contributed by atoms with van der Waals surface area (Å²) in [5.41, 5.74) is -1.03. The van der Waals surface area contributed by atoms with E-state index in [2.05, 4.69) is 9.97 Å². The Labute approximate surface area is 95.1 Å². The molecule has 16 heavy (non-hydrogen) atoms. The van der Waals surface area contributed by atoms with Crippen LogP contribution in [0.1, 0.15) is 0 Å². The van der Waals surface area contributed by atoms with Crippen LogP contribution in [0.25, 0.3) is 0 Å². The van der Waals surface area contributed by atoms with Gasteiger partial charge in [0.05, 0.1) is 6.33 Å². The number of nitrogens with zero attached hydrogens (tertiary/aromatic N) is 3. The van der Waals surface area contributed by atoms with Crippen molar-refractivity contribution in [3.8, 4) is 0 Å². The highest BCUT2D eigenvalue weighted by molar-refractivity contribution is 6.30. The first-order chi connectivity index (χ1) is 7.66. The van der Waals surface area contributed by atoms with Crippen LogP contribution < -0.4 is 11.2 Å². The maximum atomic E-state index is 11.4. The molecule has 0 radical (unpaired) electrons. The van der Waals surface area contributed by atoms with Gasteiger partial charge in [-0.15, -0.1) is 0 Å². The van der Waals surface area contributed by atoms with E-state index in [1.54, 1.807) is 18.7 Å². The van der Waals surface area contributed by atoms with Crippen LogP contribution in [0.3, 0.4) is 0 Å². The Kier molecular flexibility index (Phi) is 2.91. The molecule has 1 N–H and O–H groups in total. The fourth-order valence-corrected chi connectivity index (χ4v) is 1.46. The molecular weight excluding hydrogens is 232 g/mol. The molecule has 2 heterocycles. The lowest BCUT2D eigenvalue weighted by Gasteiger charge is -2.05. The highest BCUT2D eigenvalue weighted by Crippen LogP contribution is 1.96. The van der Waals surface area contributed by atoms with Gasteiger partial charge in [0.25, 0.3) is 5.56 Å². The van der Waals surface area contributed by atoms with Gasteiger partial charge in [-0.1, -0.05) is 11.6 Å². The second-order valence-corrected chi connectivity index (χ2v) is 3.64. The van der Waals surface area contributed by atoms with Gasteiger partial charge < -0.3 is 4.57 Å². The molecule has 0 amide bonds. The largest absolute Gasteiger partial charge is 0.336 e. The number of imidazole rings is 1. The van der Waals surface area contributed by atoms with Crippen molar-refractivity contribution in [2.24, 2.45) is 0 Å². The van der Waals surface area contributed by atoms with Crippen molar-refractivity contribution in [2.45, 2.75) is 13.1 Å². The predicted molar refractivity (Wildman–Crippen MR) is 58.6 cm³/mol. The van der Waals surface area contributed by atoms with Crippen LogP contribution in [0.5, 0.6) is 0 Å². The van der Waals surface area contributed by atoms with Gasteiger partial charge in [0.1, 0.15) is 5.02 Å². The fraction of sp³-hybridized carbons (Fsp3) is 0.222. The smallest absolute Gasteiger partial charge is 0.328 e. The molecule has 0 unspecified atom stereocenters. The maximum Gasteiger partial charge on any atom is 0.328 e. The van der Waals surface area contributed by atoms with E-state index in [4.69, 9.17) is 11.6 Å². The van der Waals surface area contributed by atoms with E-state index in [1.165, 1.54) is 10.8 Å². The van der Waals surface area contributed by atoms with Gasteiger partial charge in [-0.25, -0.2) is 9.78 Å². The summed E-state index contributed by atoms with van der Waals surface area (Å²) in [6, 6.07) is 0. The Balaban J connectivity index is 2.19. The Morgan fingerprint density at radius 3 is 2.88 bits per heavy atom. The molecule has 2 aromatic heterocycles. The molecule has 2 aromatic rings. The molecule has 0 atom stereocenters. The molecule has 84 valence electrons. The molecule has 0 bridgehead atoms. The summed E-state index contributed by atoms with van der Waals surface area (Å²) in [6.07, 6.45) is 6.43. The Morgan fingerprint density at radius 2 is 2.19 bits per heavy atom. The SMILES string of the molecule is O=c1[nH]c(=O)n(CCn2ccnc2)cc1Cl. The van der Waals surface area contributed by atoms with Crippen molar-refractivity contribution in [1.82, 2.24) is 19.1 Å². The van der Waals surface area contributed by atoms with E-state index in [0.29, 0.717) is 13.1 Å². The molecular formula is C9H9ClN4O2. The second-order valence-electron chi connectivity index (χ2n) is 3.23. The Bertz CT molecular complexity index is 584. The third kappa shape index (κ3) is 2.22. The van der Waals surface area contributed by atoms with Crippen molar-refractivity contribution < 1.29 is 0 Å². The van der Waals surface area contributed by atoms with E-state index >= 15 is 0 Å². The number of rotatable bonds is 3. The zero-order valence-corrected chi connectivity index (χ0v) is 9.02. The minimum absolute atomic E-state index is 0.00484. The van der Waals surface area contributed by atoms with Crippen LogP contribution in [0.2, 0.25) is 5.02 Å². The van der Waals surface area contributed by atoms with Gasteiger partial charge in [0, 0.05) is 31.7 Å².